The number of aromatic hydroxyl groups is 1. The second-order valence-corrected chi connectivity index (χ2v) is 4.93. The Kier molecular flexibility index (Phi) is 3.44. The van der Waals surface area contributed by atoms with Gasteiger partial charge in [0.15, 0.2) is 0 Å². The maximum atomic E-state index is 9.64. The van der Waals surface area contributed by atoms with Crippen LogP contribution in [0.4, 0.5) is 0 Å². The Hall–Kier alpha value is -2.62. The van der Waals surface area contributed by atoms with Gasteiger partial charge in [-0.15, -0.1) is 0 Å². The zero-order chi connectivity index (χ0) is 14.8. The van der Waals surface area contributed by atoms with Gasteiger partial charge in [-0.3, -0.25) is 0 Å². The number of nitrogens with zero attached hydrogens (tertiary/aromatic N) is 1. The van der Waals surface area contributed by atoms with Crippen molar-refractivity contribution in [3.05, 3.63) is 54.2 Å². The van der Waals surface area contributed by atoms with Gasteiger partial charge < -0.3 is 19.1 Å². The highest BCUT2D eigenvalue weighted by molar-refractivity contribution is 5.85. The predicted molar refractivity (Wildman–Crippen MR) is 81.9 cm³/mol. The molecule has 3 rings (SSSR count). The predicted octanol–water partition coefficient (Wildman–Crippen LogP) is 3.47. The molecule has 1 N–H and O–H groups in total. The van der Waals surface area contributed by atoms with Crippen molar-refractivity contribution in [3.63, 3.8) is 0 Å². The SMILES string of the molecule is COc1ccc(OCc2cn(C)c3ccc(O)cc23)cc1. The van der Waals surface area contributed by atoms with E-state index >= 15 is 0 Å². The van der Waals surface area contributed by atoms with E-state index < -0.39 is 0 Å². The summed E-state index contributed by atoms with van der Waals surface area (Å²) in [6, 6.07) is 12.8. The number of phenols is 1. The third-order valence-corrected chi connectivity index (χ3v) is 3.51. The van der Waals surface area contributed by atoms with Crippen LogP contribution in [-0.2, 0) is 13.7 Å². The van der Waals surface area contributed by atoms with Gasteiger partial charge in [0.1, 0.15) is 23.9 Å². The lowest BCUT2D eigenvalue weighted by Gasteiger charge is -2.06. The van der Waals surface area contributed by atoms with E-state index in [0.717, 1.165) is 28.0 Å². The summed E-state index contributed by atoms with van der Waals surface area (Å²) in [5, 5.41) is 10.6. The Morgan fingerprint density at radius 2 is 1.76 bits per heavy atom. The van der Waals surface area contributed by atoms with Crippen LogP contribution in [0.5, 0.6) is 17.2 Å². The van der Waals surface area contributed by atoms with Gasteiger partial charge in [0.2, 0.25) is 0 Å². The Morgan fingerprint density at radius 3 is 2.48 bits per heavy atom. The molecule has 0 aliphatic carbocycles. The normalized spacial score (nSPS) is 10.8. The molecular weight excluding hydrogens is 266 g/mol. The van der Waals surface area contributed by atoms with Crippen molar-refractivity contribution in [1.82, 2.24) is 4.57 Å². The van der Waals surface area contributed by atoms with Crippen molar-refractivity contribution < 1.29 is 14.6 Å². The summed E-state index contributed by atoms with van der Waals surface area (Å²) in [6.45, 7) is 0.452. The lowest BCUT2D eigenvalue weighted by Crippen LogP contribution is -1.94. The molecule has 1 heterocycles. The summed E-state index contributed by atoms with van der Waals surface area (Å²) in [5.41, 5.74) is 2.11. The molecule has 0 fully saturated rings. The van der Waals surface area contributed by atoms with Gasteiger partial charge in [-0.2, -0.15) is 0 Å². The molecule has 0 bridgehead atoms. The average molecular weight is 283 g/mol. The number of rotatable bonds is 4. The van der Waals surface area contributed by atoms with Crippen LogP contribution in [0.2, 0.25) is 0 Å². The van der Waals surface area contributed by atoms with E-state index in [9.17, 15) is 5.11 Å². The maximum Gasteiger partial charge on any atom is 0.120 e. The lowest BCUT2D eigenvalue weighted by atomic mass is 10.2. The Labute approximate surface area is 123 Å². The first kappa shape index (κ1) is 13.4. The Balaban J connectivity index is 1.82. The minimum atomic E-state index is 0.263. The molecule has 2 aromatic carbocycles. The standard InChI is InChI=1S/C17H17NO3/c1-18-10-12(16-9-13(19)3-8-17(16)18)11-21-15-6-4-14(20-2)5-7-15/h3-10,19H,11H2,1-2H3. The fourth-order valence-corrected chi connectivity index (χ4v) is 2.41. The van der Waals surface area contributed by atoms with Crippen LogP contribution in [0.1, 0.15) is 5.56 Å². The van der Waals surface area contributed by atoms with Crippen LogP contribution in [0.25, 0.3) is 10.9 Å². The van der Waals surface area contributed by atoms with Crippen molar-refractivity contribution in [2.24, 2.45) is 7.05 Å². The lowest BCUT2D eigenvalue weighted by molar-refractivity contribution is 0.306. The Morgan fingerprint density at radius 1 is 1.05 bits per heavy atom. The van der Waals surface area contributed by atoms with Crippen LogP contribution < -0.4 is 9.47 Å². The highest BCUT2D eigenvalue weighted by Crippen LogP contribution is 2.26. The minimum absolute atomic E-state index is 0.263. The van der Waals surface area contributed by atoms with Crippen molar-refractivity contribution in [3.8, 4) is 17.2 Å². The molecule has 0 amide bonds. The number of phenolic OH excluding ortho intramolecular Hbond substituents is 1. The summed E-state index contributed by atoms with van der Waals surface area (Å²) < 4.78 is 13.0. The monoisotopic (exact) mass is 283 g/mol. The van der Waals surface area contributed by atoms with Gasteiger partial charge in [-0.1, -0.05) is 0 Å². The molecule has 0 saturated heterocycles. The molecule has 0 saturated carbocycles. The second kappa shape index (κ2) is 5.40. The van der Waals surface area contributed by atoms with Gasteiger partial charge in [0, 0.05) is 29.7 Å². The summed E-state index contributed by atoms with van der Waals surface area (Å²) in [4.78, 5) is 0. The van der Waals surface area contributed by atoms with Crippen LogP contribution in [0, 0.1) is 0 Å². The molecule has 1 aromatic heterocycles. The van der Waals surface area contributed by atoms with E-state index in [1.54, 1.807) is 19.2 Å². The highest BCUT2D eigenvalue weighted by atomic mass is 16.5. The number of fused-ring (bicyclic) bond motifs is 1. The van der Waals surface area contributed by atoms with Gasteiger partial charge in [0.25, 0.3) is 0 Å². The molecule has 0 atom stereocenters. The average Bonchev–Trinajstić information content (AvgIpc) is 2.81. The first-order valence-electron chi connectivity index (χ1n) is 6.71. The van der Waals surface area contributed by atoms with Gasteiger partial charge in [-0.25, -0.2) is 0 Å². The van der Waals surface area contributed by atoms with E-state index in [4.69, 9.17) is 9.47 Å². The van der Waals surface area contributed by atoms with Crippen LogP contribution >= 0.6 is 0 Å². The van der Waals surface area contributed by atoms with Gasteiger partial charge in [-0.05, 0) is 42.5 Å². The third-order valence-electron chi connectivity index (χ3n) is 3.51. The second-order valence-electron chi connectivity index (χ2n) is 4.93. The highest BCUT2D eigenvalue weighted by Gasteiger charge is 2.08. The molecule has 0 unspecified atom stereocenters. The molecule has 4 nitrogen and oxygen atoms in total. The molecule has 0 radical (unpaired) electrons. The molecule has 4 heteroatoms. The molecule has 0 spiro atoms. The summed E-state index contributed by atoms with van der Waals surface area (Å²) in [6.07, 6.45) is 2.02. The quantitative estimate of drug-likeness (QED) is 0.797. The van der Waals surface area contributed by atoms with Crippen LogP contribution in [0.3, 0.4) is 0 Å². The van der Waals surface area contributed by atoms with Gasteiger partial charge >= 0.3 is 0 Å². The van der Waals surface area contributed by atoms with Crippen LogP contribution in [0.15, 0.2) is 48.7 Å². The zero-order valence-electron chi connectivity index (χ0n) is 12.0. The molecule has 0 aliphatic heterocycles. The van der Waals surface area contributed by atoms with Gasteiger partial charge in [0.05, 0.1) is 7.11 Å². The Bertz CT molecular complexity index is 760. The molecule has 21 heavy (non-hydrogen) atoms. The van der Waals surface area contributed by atoms with Crippen molar-refractivity contribution in [2.45, 2.75) is 6.61 Å². The third kappa shape index (κ3) is 2.65. The minimum Gasteiger partial charge on any atom is -0.508 e. The number of aryl methyl sites for hydroxylation is 1. The maximum absolute atomic E-state index is 9.64. The fourth-order valence-electron chi connectivity index (χ4n) is 2.41. The fraction of sp³-hybridized carbons (Fsp3) is 0.176. The van der Waals surface area contributed by atoms with E-state index in [1.807, 2.05) is 48.1 Å². The number of hydrogen-bond acceptors (Lipinski definition) is 3. The molecule has 108 valence electrons. The molecule has 3 aromatic rings. The zero-order valence-corrected chi connectivity index (χ0v) is 12.0. The topological polar surface area (TPSA) is 43.6 Å². The summed E-state index contributed by atoms with van der Waals surface area (Å²) in [5.74, 6) is 1.85. The number of ether oxygens (including phenoxy) is 2. The first-order chi connectivity index (χ1) is 10.2. The van der Waals surface area contributed by atoms with Crippen molar-refractivity contribution in [2.75, 3.05) is 7.11 Å². The first-order valence-corrected chi connectivity index (χ1v) is 6.71. The van der Waals surface area contributed by atoms with E-state index in [2.05, 4.69) is 0 Å². The van der Waals surface area contributed by atoms with E-state index in [1.165, 1.54) is 0 Å². The van der Waals surface area contributed by atoms with E-state index in [0.29, 0.717) is 6.61 Å². The number of benzene rings is 2. The summed E-state index contributed by atoms with van der Waals surface area (Å²) in [7, 11) is 3.62. The molecule has 0 aliphatic rings. The molecular formula is C17H17NO3. The largest absolute Gasteiger partial charge is 0.508 e. The van der Waals surface area contributed by atoms with Crippen molar-refractivity contribution in [1.29, 1.82) is 0 Å². The number of hydrogen-bond donors (Lipinski definition) is 1. The summed E-state index contributed by atoms with van der Waals surface area (Å²) >= 11 is 0. The smallest absolute Gasteiger partial charge is 0.120 e. The van der Waals surface area contributed by atoms with Crippen molar-refractivity contribution >= 4 is 10.9 Å². The van der Waals surface area contributed by atoms with Crippen LogP contribution in [-0.4, -0.2) is 16.8 Å². The number of aromatic nitrogens is 1. The number of methoxy groups -OCH3 is 1. The van der Waals surface area contributed by atoms with E-state index in [-0.39, 0.29) is 5.75 Å².